The Morgan fingerprint density at radius 1 is 1.43 bits per heavy atom. The second kappa shape index (κ2) is 6.97. The first kappa shape index (κ1) is 16.4. The predicted octanol–water partition coefficient (Wildman–Crippen LogP) is 2.54. The molecule has 6 heteroatoms. The highest BCUT2D eigenvalue weighted by Gasteiger charge is 2.37. The minimum absolute atomic E-state index is 0.146. The molecule has 126 valence electrons. The second-order valence-electron chi connectivity index (χ2n) is 6.31. The van der Waals surface area contributed by atoms with Crippen molar-refractivity contribution in [2.24, 2.45) is 5.92 Å². The molecule has 2 aliphatic heterocycles. The van der Waals surface area contributed by atoms with E-state index in [1.165, 1.54) is 19.4 Å². The molecule has 2 atom stereocenters. The number of ether oxygens (including phenoxy) is 1. The van der Waals surface area contributed by atoms with Crippen LogP contribution in [0.25, 0.3) is 0 Å². The van der Waals surface area contributed by atoms with E-state index in [0.29, 0.717) is 47.1 Å². The van der Waals surface area contributed by atoms with Gasteiger partial charge in [-0.05, 0) is 51.3 Å². The van der Waals surface area contributed by atoms with Crippen LogP contribution in [-0.4, -0.2) is 43.1 Å². The number of carbonyl (C=O) groups is 1. The van der Waals surface area contributed by atoms with E-state index in [9.17, 15) is 4.79 Å². The van der Waals surface area contributed by atoms with Gasteiger partial charge in [-0.3, -0.25) is 4.79 Å². The molecule has 0 saturated carbocycles. The highest BCUT2D eigenvalue weighted by atomic mass is 35.5. The van der Waals surface area contributed by atoms with E-state index in [-0.39, 0.29) is 5.91 Å². The van der Waals surface area contributed by atoms with Crippen molar-refractivity contribution in [3.8, 4) is 5.75 Å². The van der Waals surface area contributed by atoms with Gasteiger partial charge in [-0.15, -0.1) is 0 Å². The number of nitrogen functional groups attached to an aromatic ring is 1. The van der Waals surface area contributed by atoms with E-state index in [0.717, 1.165) is 13.0 Å². The van der Waals surface area contributed by atoms with Gasteiger partial charge in [0.15, 0.2) is 0 Å². The van der Waals surface area contributed by atoms with Crippen LogP contribution in [-0.2, 0) is 0 Å². The summed E-state index contributed by atoms with van der Waals surface area (Å²) >= 11 is 6.06. The normalized spacial score (nSPS) is 23.7. The number of amides is 1. The zero-order valence-electron chi connectivity index (χ0n) is 13.5. The number of fused-ring (bicyclic) bond motifs is 1. The number of carbonyl (C=O) groups excluding carboxylic acids is 1. The van der Waals surface area contributed by atoms with E-state index in [2.05, 4.69) is 10.2 Å². The third-order valence-electron chi connectivity index (χ3n) is 4.91. The molecule has 1 amide bonds. The van der Waals surface area contributed by atoms with Crippen LogP contribution < -0.4 is 15.8 Å². The third-order valence-corrected chi connectivity index (χ3v) is 5.24. The van der Waals surface area contributed by atoms with E-state index in [4.69, 9.17) is 22.1 Å². The van der Waals surface area contributed by atoms with Crippen LogP contribution in [0.15, 0.2) is 12.1 Å². The average molecular weight is 338 g/mol. The van der Waals surface area contributed by atoms with Crippen molar-refractivity contribution in [1.29, 1.82) is 0 Å². The van der Waals surface area contributed by atoms with Gasteiger partial charge in [0, 0.05) is 18.7 Å². The van der Waals surface area contributed by atoms with Crippen LogP contribution in [0, 0.1) is 5.92 Å². The van der Waals surface area contributed by atoms with Crippen LogP contribution in [0.5, 0.6) is 5.75 Å². The Labute approximate surface area is 142 Å². The Morgan fingerprint density at radius 2 is 2.26 bits per heavy atom. The molecule has 0 aromatic heterocycles. The summed E-state index contributed by atoms with van der Waals surface area (Å²) in [6.07, 6.45) is 3.68. The Bertz CT molecular complexity index is 593. The molecule has 3 rings (SSSR count). The Hall–Kier alpha value is -1.46. The van der Waals surface area contributed by atoms with Crippen molar-refractivity contribution >= 4 is 23.2 Å². The molecule has 0 bridgehead atoms. The number of nitrogens with two attached hydrogens (primary N) is 1. The van der Waals surface area contributed by atoms with Crippen molar-refractivity contribution in [2.75, 3.05) is 32.0 Å². The number of hydrogen-bond donors (Lipinski definition) is 2. The van der Waals surface area contributed by atoms with Gasteiger partial charge >= 0.3 is 0 Å². The zero-order chi connectivity index (χ0) is 16.4. The molecule has 5 nitrogen and oxygen atoms in total. The molecule has 2 aliphatic rings. The molecule has 0 aliphatic carbocycles. The molecule has 1 aromatic carbocycles. The van der Waals surface area contributed by atoms with Crippen molar-refractivity contribution < 1.29 is 9.53 Å². The summed E-state index contributed by atoms with van der Waals surface area (Å²) in [6, 6.07) is 3.85. The van der Waals surface area contributed by atoms with Crippen molar-refractivity contribution in [1.82, 2.24) is 10.2 Å². The number of halogens is 1. The maximum Gasteiger partial charge on any atom is 0.255 e. The largest absolute Gasteiger partial charge is 0.493 e. The lowest BCUT2D eigenvalue weighted by Gasteiger charge is -2.21. The molecule has 0 radical (unpaired) electrons. The first-order valence-electron chi connectivity index (χ1n) is 8.34. The van der Waals surface area contributed by atoms with Crippen molar-refractivity contribution in [2.45, 2.75) is 32.2 Å². The first-order valence-corrected chi connectivity index (χ1v) is 8.72. The topological polar surface area (TPSA) is 67.6 Å². The van der Waals surface area contributed by atoms with Gasteiger partial charge in [0.1, 0.15) is 5.75 Å². The monoisotopic (exact) mass is 337 g/mol. The summed E-state index contributed by atoms with van der Waals surface area (Å²) in [6.45, 7) is 5.41. The summed E-state index contributed by atoms with van der Waals surface area (Å²) < 4.78 is 5.53. The Morgan fingerprint density at radius 3 is 3.04 bits per heavy atom. The zero-order valence-corrected chi connectivity index (χ0v) is 14.2. The van der Waals surface area contributed by atoms with E-state index >= 15 is 0 Å². The molecule has 2 saturated heterocycles. The maximum atomic E-state index is 12.5. The number of nitrogens with one attached hydrogen (secondary N) is 1. The Balaban J connectivity index is 1.67. The quantitative estimate of drug-likeness (QED) is 0.810. The summed E-state index contributed by atoms with van der Waals surface area (Å²) in [4.78, 5) is 15.1. The third kappa shape index (κ3) is 3.40. The highest BCUT2D eigenvalue weighted by molar-refractivity contribution is 6.33. The molecule has 0 unspecified atom stereocenters. The summed E-state index contributed by atoms with van der Waals surface area (Å²) in [7, 11) is 0. The Kier molecular flexibility index (Phi) is 4.97. The summed E-state index contributed by atoms with van der Waals surface area (Å²) in [5.74, 6) is 0.883. The summed E-state index contributed by atoms with van der Waals surface area (Å²) in [5.41, 5.74) is 6.67. The maximum absolute atomic E-state index is 12.5. The minimum atomic E-state index is -0.146. The smallest absolute Gasteiger partial charge is 0.255 e. The van der Waals surface area contributed by atoms with Crippen LogP contribution in [0.2, 0.25) is 5.02 Å². The fourth-order valence-electron chi connectivity index (χ4n) is 3.77. The molecule has 2 heterocycles. The lowest BCUT2D eigenvalue weighted by atomic mass is 9.98. The number of benzene rings is 1. The molecular weight excluding hydrogens is 314 g/mol. The van der Waals surface area contributed by atoms with Crippen molar-refractivity contribution in [3.63, 3.8) is 0 Å². The van der Waals surface area contributed by atoms with Gasteiger partial charge in [-0.25, -0.2) is 0 Å². The second-order valence-corrected chi connectivity index (χ2v) is 6.71. The standard InChI is InChI=1S/C17H24ClN3O2/c1-2-23-16-9-14(19)13(18)8-12(16)17(22)20-10-11-5-7-21-6-3-4-15(11)21/h8-9,11,15H,2-7,10,19H2,1H3,(H,20,22)/t11-,15-/m1/s1. The highest BCUT2D eigenvalue weighted by Crippen LogP contribution is 2.33. The van der Waals surface area contributed by atoms with Gasteiger partial charge in [-0.2, -0.15) is 0 Å². The van der Waals surface area contributed by atoms with Crippen LogP contribution in [0.3, 0.4) is 0 Å². The van der Waals surface area contributed by atoms with Gasteiger partial charge in [0.05, 0.1) is 22.9 Å². The SMILES string of the molecule is CCOc1cc(N)c(Cl)cc1C(=O)NC[C@H]1CCN2CCC[C@H]12. The van der Waals surface area contributed by atoms with Gasteiger partial charge in [-0.1, -0.05) is 11.6 Å². The number of nitrogens with zero attached hydrogens (tertiary/aromatic N) is 1. The van der Waals surface area contributed by atoms with Gasteiger partial charge < -0.3 is 20.7 Å². The number of hydrogen-bond acceptors (Lipinski definition) is 4. The lowest BCUT2D eigenvalue weighted by molar-refractivity contribution is 0.0941. The van der Waals surface area contributed by atoms with Gasteiger partial charge in [0.2, 0.25) is 0 Å². The van der Waals surface area contributed by atoms with Crippen LogP contribution >= 0.6 is 11.6 Å². The lowest BCUT2D eigenvalue weighted by Crippen LogP contribution is -2.35. The number of rotatable bonds is 5. The van der Waals surface area contributed by atoms with Gasteiger partial charge in [0.25, 0.3) is 5.91 Å². The van der Waals surface area contributed by atoms with Crippen LogP contribution in [0.1, 0.15) is 36.5 Å². The molecule has 3 N–H and O–H groups in total. The molecule has 23 heavy (non-hydrogen) atoms. The number of anilines is 1. The van der Waals surface area contributed by atoms with E-state index < -0.39 is 0 Å². The van der Waals surface area contributed by atoms with E-state index in [1.807, 2.05) is 6.92 Å². The molecule has 2 fully saturated rings. The molecule has 1 aromatic rings. The first-order chi connectivity index (χ1) is 11.1. The minimum Gasteiger partial charge on any atom is -0.493 e. The summed E-state index contributed by atoms with van der Waals surface area (Å²) in [5, 5.41) is 3.43. The fraction of sp³-hybridized carbons (Fsp3) is 0.588. The van der Waals surface area contributed by atoms with E-state index in [1.54, 1.807) is 12.1 Å². The average Bonchev–Trinajstić information content (AvgIpc) is 3.12. The van der Waals surface area contributed by atoms with Crippen molar-refractivity contribution in [3.05, 3.63) is 22.7 Å². The predicted molar refractivity (Wildman–Crippen MR) is 92.1 cm³/mol. The fourth-order valence-corrected chi connectivity index (χ4v) is 3.93. The molecular formula is C17H24ClN3O2. The molecule has 0 spiro atoms. The van der Waals surface area contributed by atoms with Crippen LogP contribution in [0.4, 0.5) is 5.69 Å².